The summed E-state index contributed by atoms with van der Waals surface area (Å²) in [6.07, 6.45) is 1.50. The largest absolute Gasteiger partial charge is 0.477 e. The first-order valence-corrected chi connectivity index (χ1v) is 6.92. The van der Waals surface area contributed by atoms with Crippen LogP contribution in [0.5, 0.6) is 0 Å². The number of fused-ring (bicyclic) bond motifs is 1. The average molecular weight is 292 g/mol. The number of anilines is 1. The molecule has 1 aliphatic heterocycles. The Balaban J connectivity index is 1.89. The summed E-state index contributed by atoms with van der Waals surface area (Å²) in [4.78, 5) is 23.4. The maximum absolute atomic E-state index is 11.2. The third-order valence-corrected chi connectivity index (χ3v) is 4.59. The van der Waals surface area contributed by atoms with Gasteiger partial charge >= 0.3 is 5.97 Å². The molecule has 21 heavy (non-hydrogen) atoms. The van der Waals surface area contributed by atoms with Crippen LogP contribution in [-0.2, 0) is 0 Å². The van der Waals surface area contributed by atoms with Gasteiger partial charge in [0, 0.05) is 30.8 Å². The van der Waals surface area contributed by atoms with E-state index >= 15 is 0 Å². The standard InChI is InChI=1S/C14H16N2O5/c17-13-4-1-8-6-15(7-11(8)13)9-2-3-12(16(20)21)10(5-9)14(18)19/h2-3,5,8,11,13,17H,1,4,6-7H2,(H,18,19). The van der Waals surface area contributed by atoms with Crippen LogP contribution in [0.3, 0.4) is 0 Å². The minimum atomic E-state index is -1.30. The number of rotatable bonds is 3. The quantitative estimate of drug-likeness (QED) is 0.646. The van der Waals surface area contributed by atoms with Crippen molar-refractivity contribution in [1.29, 1.82) is 0 Å². The van der Waals surface area contributed by atoms with E-state index in [0.29, 0.717) is 18.2 Å². The van der Waals surface area contributed by atoms with Crippen LogP contribution in [0.15, 0.2) is 18.2 Å². The van der Waals surface area contributed by atoms with E-state index < -0.39 is 16.6 Å². The number of nitro groups is 1. The Labute approximate surface area is 121 Å². The van der Waals surface area contributed by atoms with E-state index in [2.05, 4.69) is 0 Å². The number of hydrogen-bond donors (Lipinski definition) is 2. The van der Waals surface area contributed by atoms with Crippen molar-refractivity contribution >= 4 is 17.3 Å². The third kappa shape index (κ3) is 2.33. The van der Waals surface area contributed by atoms with E-state index in [-0.39, 0.29) is 17.6 Å². The van der Waals surface area contributed by atoms with Crippen LogP contribution in [0.2, 0.25) is 0 Å². The molecule has 0 spiro atoms. The van der Waals surface area contributed by atoms with Gasteiger partial charge in [-0.25, -0.2) is 4.79 Å². The number of hydrogen-bond acceptors (Lipinski definition) is 5. The average Bonchev–Trinajstić information content (AvgIpc) is 3.00. The zero-order valence-electron chi connectivity index (χ0n) is 11.3. The van der Waals surface area contributed by atoms with Gasteiger partial charge in [0.05, 0.1) is 11.0 Å². The molecule has 0 aromatic heterocycles. The normalized spacial score (nSPS) is 27.7. The fraction of sp³-hybridized carbons (Fsp3) is 0.500. The highest BCUT2D eigenvalue weighted by Gasteiger charge is 2.42. The van der Waals surface area contributed by atoms with Crippen molar-refractivity contribution in [3.05, 3.63) is 33.9 Å². The number of aromatic carboxylic acids is 1. The molecule has 3 unspecified atom stereocenters. The molecule has 7 nitrogen and oxygen atoms in total. The number of aliphatic hydroxyl groups is 1. The number of carboxylic acid groups (broad SMARTS) is 1. The van der Waals surface area contributed by atoms with Crippen molar-refractivity contribution in [2.75, 3.05) is 18.0 Å². The molecule has 2 N–H and O–H groups in total. The van der Waals surface area contributed by atoms with Crippen LogP contribution in [0.25, 0.3) is 0 Å². The van der Waals surface area contributed by atoms with Gasteiger partial charge in [-0.15, -0.1) is 0 Å². The maximum atomic E-state index is 11.2. The van der Waals surface area contributed by atoms with Crippen molar-refractivity contribution in [1.82, 2.24) is 0 Å². The van der Waals surface area contributed by atoms with Gasteiger partial charge in [0.15, 0.2) is 0 Å². The van der Waals surface area contributed by atoms with E-state index in [4.69, 9.17) is 5.11 Å². The van der Waals surface area contributed by atoms with Gasteiger partial charge in [-0.2, -0.15) is 0 Å². The number of nitrogens with zero attached hydrogens (tertiary/aromatic N) is 2. The van der Waals surface area contributed by atoms with Crippen LogP contribution in [0, 0.1) is 22.0 Å². The van der Waals surface area contributed by atoms with E-state index in [1.165, 1.54) is 12.1 Å². The second-order valence-electron chi connectivity index (χ2n) is 5.74. The molecule has 3 rings (SSSR count). The summed E-state index contributed by atoms with van der Waals surface area (Å²) in [7, 11) is 0. The number of nitro benzene ring substituents is 1. The van der Waals surface area contributed by atoms with Crippen molar-refractivity contribution < 1.29 is 19.9 Å². The minimum absolute atomic E-state index is 0.216. The zero-order chi connectivity index (χ0) is 15.1. The van der Waals surface area contributed by atoms with Crippen LogP contribution in [0.1, 0.15) is 23.2 Å². The fourth-order valence-electron chi connectivity index (χ4n) is 3.50. The van der Waals surface area contributed by atoms with E-state index in [0.717, 1.165) is 19.4 Å². The molecule has 0 amide bonds. The lowest BCUT2D eigenvalue weighted by molar-refractivity contribution is -0.385. The van der Waals surface area contributed by atoms with Gasteiger partial charge in [-0.1, -0.05) is 0 Å². The van der Waals surface area contributed by atoms with Crippen molar-refractivity contribution in [3.63, 3.8) is 0 Å². The molecule has 2 aliphatic rings. The van der Waals surface area contributed by atoms with Crippen molar-refractivity contribution in [2.45, 2.75) is 18.9 Å². The summed E-state index contributed by atoms with van der Waals surface area (Å²) in [5.74, 6) is -0.667. The summed E-state index contributed by atoms with van der Waals surface area (Å²) in [5, 5.41) is 29.9. The van der Waals surface area contributed by atoms with E-state index in [1.807, 2.05) is 4.90 Å². The molecule has 1 saturated heterocycles. The lowest BCUT2D eigenvalue weighted by atomic mass is 10.00. The smallest absolute Gasteiger partial charge is 0.342 e. The number of carbonyl (C=O) groups is 1. The van der Waals surface area contributed by atoms with Crippen LogP contribution >= 0.6 is 0 Å². The Bertz CT molecular complexity index is 603. The fourth-order valence-corrected chi connectivity index (χ4v) is 3.50. The summed E-state index contributed by atoms with van der Waals surface area (Å²) >= 11 is 0. The first-order valence-electron chi connectivity index (χ1n) is 6.92. The highest BCUT2D eigenvalue weighted by atomic mass is 16.6. The molecule has 2 fully saturated rings. The number of benzene rings is 1. The maximum Gasteiger partial charge on any atom is 0.342 e. The van der Waals surface area contributed by atoms with Crippen LogP contribution < -0.4 is 4.90 Å². The predicted molar refractivity (Wildman–Crippen MR) is 74.5 cm³/mol. The van der Waals surface area contributed by atoms with Gasteiger partial charge in [0.25, 0.3) is 5.69 Å². The Morgan fingerprint density at radius 2 is 2.10 bits per heavy atom. The predicted octanol–water partition coefficient (Wildman–Crippen LogP) is 1.50. The van der Waals surface area contributed by atoms with Gasteiger partial charge in [0.2, 0.25) is 0 Å². The summed E-state index contributed by atoms with van der Waals surface area (Å²) in [6.45, 7) is 1.43. The second kappa shape index (κ2) is 5.00. The van der Waals surface area contributed by atoms with Crippen molar-refractivity contribution in [2.24, 2.45) is 11.8 Å². The molecule has 0 radical (unpaired) electrons. The second-order valence-corrected chi connectivity index (χ2v) is 5.74. The molecule has 1 aromatic carbocycles. The molecular formula is C14H16N2O5. The van der Waals surface area contributed by atoms with E-state index in [1.54, 1.807) is 6.07 Å². The molecule has 1 saturated carbocycles. The lowest BCUT2D eigenvalue weighted by Gasteiger charge is -2.20. The lowest BCUT2D eigenvalue weighted by Crippen LogP contribution is -2.24. The van der Waals surface area contributed by atoms with Crippen molar-refractivity contribution in [3.8, 4) is 0 Å². The number of aliphatic hydroxyl groups excluding tert-OH is 1. The molecule has 1 aromatic rings. The monoisotopic (exact) mass is 292 g/mol. The first-order chi connectivity index (χ1) is 9.97. The number of carboxylic acids is 1. The highest BCUT2D eigenvalue weighted by molar-refractivity contribution is 5.93. The van der Waals surface area contributed by atoms with Crippen LogP contribution in [-0.4, -0.2) is 40.3 Å². The molecule has 1 aliphatic carbocycles. The summed E-state index contributed by atoms with van der Waals surface area (Å²) in [6, 6.07) is 4.18. The third-order valence-electron chi connectivity index (χ3n) is 4.59. The minimum Gasteiger partial charge on any atom is -0.477 e. The van der Waals surface area contributed by atoms with Gasteiger partial charge in [-0.3, -0.25) is 10.1 Å². The first kappa shape index (κ1) is 13.8. The Hall–Kier alpha value is -2.15. The SMILES string of the molecule is O=C(O)c1cc(N2CC3CCC(O)C3C2)ccc1[N+](=O)[O-]. The molecule has 0 bridgehead atoms. The Morgan fingerprint density at radius 1 is 1.33 bits per heavy atom. The highest BCUT2D eigenvalue weighted by Crippen LogP contribution is 2.40. The summed E-state index contributed by atoms with van der Waals surface area (Å²) in [5.41, 5.74) is -0.0274. The Kier molecular flexibility index (Phi) is 3.29. The molecule has 112 valence electrons. The topological polar surface area (TPSA) is 104 Å². The summed E-state index contributed by atoms with van der Waals surface area (Å²) < 4.78 is 0. The zero-order valence-corrected chi connectivity index (χ0v) is 11.3. The molecule has 7 heteroatoms. The van der Waals surface area contributed by atoms with Gasteiger partial charge in [0.1, 0.15) is 5.56 Å². The van der Waals surface area contributed by atoms with Gasteiger partial charge < -0.3 is 15.1 Å². The molecule has 1 heterocycles. The van der Waals surface area contributed by atoms with Gasteiger partial charge in [-0.05, 0) is 30.9 Å². The molecular weight excluding hydrogens is 276 g/mol. The molecule has 3 atom stereocenters. The van der Waals surface area contributed by atoms with Crippen LogP contribution in [0.4, 0.5) is 11.4 Å². The van der Waals surface area contributed by atoms with E-state index in [9.17, 15) is 20.0 Å². The Morgan fingerprint density at radius 3 is 2.71 bits per heavy atom.